The molecule has 2 heteroatoms. The smallest absolute Gasteiger partial charge is 0.0446 e. The molecule has 0 radical (unpaired) electrons. The zero-order valence-corrected chi connectivity index (χ0v) is 12.7. The van der Waals surface area contributed by atoms with E-state index in [1.807, 2.05) is 0 Å². The van der Waals surface area contributed by atoms with Crippen LogP contribution in [0.1, 0.15) is 42.9 Å². The van der Waals surface area contributed by atoms with Crippen LogP contribution in [0.5, 0.6) is 0 Å². The van der Waals surface area contributed by atoms with Gasteiger partial charge < -0.3 is 10.2 Å². The van der Waals surface area contributed by atoms with Gasteiger partial charge in [-0.25, -0.2) is 0 Å². The van der Waals surface area contributed by atoms with Crippen molar-refractivity contribution < 1.29 is 0 Å². The number of rotatable bonds is 6. The Labute approximate surface area is 118 Å². The second-order valence-corrected chi connectivity index (χ2v) is 6.12. The molecule has 19 heavy (non-hydrogen) atoms. The molecular formula is C17H28N2. The second-order valence-electron chi connectivity index (χ2n) is 6.12. The van der Waals surface area contributed by atoms with E-state index in [1.54, 1.807) is 0 Å². The van der Waals surface area contributed by atoms with E-state index >= 15 is 0 Å². The van der Waals surface area contributed by atoms with Crippen LogP contribution in [0.2, 0.25) is 0 Å². The Morgan fingerprint density at radius 1 is 1.21 bits per heavy atom. The lowest BCUT2D eigenvalue weighted by Crippen LogP contribution is -2.33. The van der Waals surface area contributed by atoms with Crippen LogP contribution in [0.3, 0.4) is 0 Å². The summed E-state index contributed by atoms with van der Waals surface area (Å²) in [6.07, 6.45) is 5.73. The van der Waals surface area contributed by atoms with Gasteiger partial charge in [0.25, 0.3) is 0 Å². The van der Waals surface area contributed by atoms with E-state index < -0.39 is 0 Å². The molecular weight excluding hydrogens is 232 g/mol. The average Bonchev–Trinajstić information content (AvgIpc) is 2.90. The van der Waals surface area contributed by atoms with Gasteiger partial charge in [-0.1, -0.05) is 42.7 Å². The van der Waals surface area contributed by atoms with Gasteiger partial charge in [-0.2, -0.15) is 0 Å². The van der Waals surface area contributed by atoms with E-state index in [2.05, 4.69) is 55.5 Å². The molecule has 1 aliphatic rings. The molecule has 0 saturated heterocycles. The average molecular weight is 260 g/mol. The highest BCUT2D eigenvalue weighted by Crippen LogP contribution is 2.25. The molecule has 1 aromatic carbocycles. The molecule has 0 aliphatic heterocycles. The molecule has 0 heterocycles. The van der Waals surface area contributed by atoms with Crippen LogP contribution in [0, 0.1) is 12.8 Å². The molecule has 0 aromatic heterocycles. The number of nitrogens with one attached hydrogen (secondary N) is 1. The number of aryl methyl sites for hydroxylation is 1. The van der Waals surface area contributed by atoms with Crippen LogP contribution in [-0.4, -0.2) is 32.1 Å². The first-order valence-electron chi connectivity index (χ1n) is 7.61. The lowest BCUT2D eigenvalue weighted by atomic mass is 10.0. The van der Waals surface area contributed by atoms with Crippen molar-refractivity contribution in [1.82, 2.24) is 10.2 Å². The molecule has 0 amide bonds. The van der Waals surface area contributed by atoms with E-state index in [9.17, 15) is 0 Å². The standard InChI is InChI=1S/C17H28N2/c1-14-8-10-16(11-9-14)17(18-2)13-19(3)12-15-6-4-5-7-15/h8-11,15,17-18H,4-7,12-13H2,1-3H3. The molecule has 2 rings (SSSR count). The molecule has 106 valence electrons. The Kier molecular flexibility index (Phi) is 5.41. The fourth-order valence-electron chi connectivity index (χ4n) is 3.18. The van der Waals surface area contributed by atoms with E-state index in [4.69, 9.17) is 0 Å². The Morgan fingerprint density at radius 2 is 1.84 bits per heavy atom. The predicted molar refractivity (Wildman–Crippen MR) is 82.4 cm³/mol. The monoisotopic (exact) mass is 260 g/mol. The highest BCUT2D eigenvalue weighted by Gasteiger charge is 2.18. The highest BCUT2D eigenvalue weighted by atomic mass is 15.1. The van der Waals surface area contributed by atoms with E-state index in [1.165, 1.54) is 43.4 Å². The zero-order valence-electron chi connectivity index (χ0n) is 12.7. The molecule has 1 aromatic rings. The maximum Gasteiger partial charge on any atom is 0.0446 e. The molecule has 2 nitrogen and oxygen atoms in total. The third-order valence-corrected chi connectivity index (χ3v) is 4.37. The van der Waals surface area contributed by atoms with Gasteiger partial charge in [0.05, 0.1) is 0 Å². The summed E-state index contributed by atoms with van der Waals surface area (Å²) in [6, 6.07) is 9.35. The van der Waals surface area contributed by atoms with Crippen molar-refractivity contribution in [2.45, 2.75) is 38.6 Å². The first-order valence-corrected chi connectivity index (χ1v) is 7.61. The maximum atomic E-state index is 3.45. The van der Waals surface area contributed by atoms with Gasteiger partial charge in [-0.05, 0) is 45.3 Å². The predicted octanol–water partition coefficient (Wildman–Crippen LogP) is 3.38. The van der Waals surface area contributed by atoms with Gasteiger partial charge in [0, 0.05) is 19.1 Å². The first-order chi connectivity index (χ1) is 9.19. The van der Waals surface area contributed by atoms with Gasteiger partial charge in [0.1, 0.15) is 0 Å². The molecule has 0 bridgehead atoms. The number of hydrogen-bond acceptors (Lipinski definition) is 2. The van der Waals surface area contributed by atoms with Crippen molar-refractivity contribution >= 4 is 0 Å². The minimum Gasteiger partial charge on any atom is -0.312 e. The largest absolute Gasteiger partial charge is 0.312 e. The van der Waals surface area contributed by atoms with Crippen molar-refractivity contribution in [1.29, 1.82) is 0 Å². The fourth-order valence-corrected chi connectivity index (χ4v) is 3.18. The maximum absolute atomic E-state index is 3.45. The molecule has 1 fully saturated rings. The van der Waals surface area contributed by atoms with Crippen LogP contribution >= 0.6 is 0 Å². The summed E-state index contributed by atoms with van der Waals surface area (Å²) in [7, 11) is 4.32. The normalized spacial score (nSPS) is 18.1. The van der Waals surface area contributed by atoms with Crippen molar-refractivity contribution in [2.24, 2.45) is 5.92 Å². The lowest BCUT2D eigenvalue weighted by molar-refractivity contribution is 0.253. The molecule has 1 saturated carbocycles. The van der Waals surface area contributed by atoms with E-state index in [-0.39, 0.29) is 0 Å². The highest BCUT2D eigenvalue weighted by molar-refractivity contribution is 5.24. The van der Waals surface area contributed by atoms with Crippen LogP contribution in [0.25, 0.3) is 0 Å². The van der Waals surface area contributed by atoms with Crippen molar-refractivity contribution in [3.05, 3.63) is 35.4 Å². The zero-order chi connectivity index (χ0) is 13.7. The molecule has 1 N–H and O–H groups in total. The SMILES string of the molecule is CNC(CN(C)CC1CCCC1)c1ccc(C)cc1. The summed E-state index contributed by atoms with van der Waals surface area (Å²) in [5.74, 6) is 0.931. The lowest BCUT2D eigenvalue weighted by Gasteiger charge is -2.26. The second kappa shape index (κ2) is 7.06. The van der Waals surface area contributed by atoms with Gasteiger partial charge in [0.2, 0.25) is 0 Å². The summed E-state index contributed by atoms with van der Waals surface area (Å²) >= 11 is 0. The van der Waals surface area contributed by atoms with E-state index in [0.717, 1.165) is 12.5 Å². The van der Waals surface area contributed by atoms with Gasteiger partial charge in [0.15, 0.2) is 0 Å². The van der Waals surface area contributed by atoms with Gasteiger partial charge >= 0.3 is 0 Å². The molecule has 1 aliphatic carbocycles. The quantitative estimate of drug-likeness (QED) is 0.843. The third-order valence-electron chi connectivity index (χ3n) is 4.37. The van der Waals surface area contributed by atoms with Crippen LogP contribution in [0.15, 0.2) is 24.3 Å². The van der Waals surface area contributed by atoms with Crippen LogP contribution in [0.4, 0.5) is 0 Å². The summed E-state index contributed by atoms with van der Waals surface area (Å²) in [5, 5.41) is 3.45. The Hall–Kier alpha value is -0.860. The molecule has 0 spiro atoms. The topological polar surface area (TPSA) is 15.3 Å². The van der Waals surface area contributed by atoms with Gasteiger partial charge in [-0.3, -0.25) is 0 Å². The fraction of sp³-hybridized carbons (Fsp3) is 0.647. The number of benzene rings is 1. The summed E-state index contributed by atoms with van der Waals surface area (Å²) in [4.78, 5) is 2.50. The van der Waals surface area contributed by atoms with Crippen molar-refractivity contribution in [3.63, 3.8) is 0 Å². The van der Waals surface area contributed by atoms with Crippen molar-refractivity contribution in [3.8, 4) is 0 Å². The first kappa shape index (κ1) is 14.5. The van der Waals surface area contributed by atoms with Gasteiger partial charge in [-0.15, -0.1) is 0 Å². The van der Waals surface area contributed by atoms with E-state index in [0.29, 0.717) is 6.04 Å². The van der Waals surface area contributed by atoms with Crippen LogP contribution in [-0.2, 0) is 0 Å². The number of hydrogen-bond donors (Lipinski definition) is 1. The minimum atomic E-state index is 0.437. The Bertz CT molecular complexity index is 365. The van der Waals surface area contributed by atoms with Crippen molar-refractivity contribution in [2.75, 3.05) is 27.2 Å². The molecule has 1 unspecified atom stereocenters. The summed E-state index contributed by atoms with van der Waals surface area (Å²) < 4.78 is 0. The third kappa shape index (κ3) is 4.32. The number of nitrogens with zero attached hydrogens (tertiary/aromatic N) is 1. The molecule has 1 atom stereocenters. The summed E-state index contributed by atoms with van der Waals surface area (Å²) in [5.41, 5.74) is 2.73. The minimum absolute atomic E-state index is 0.437. The Morgan fingerprint density at radius 3 is 2.42 bits per heavy atom. The summed E-state index contributed by atoms with van der Waals surface area (Å²) in [6.45, 7) is 4.49. The van der Waals surface area contributed by atoms with Crippen LogP contribution < -0.4 is 5.32 Å². The Balaban J connectivity index is 1.88. The number of likely N-dealkylation sites (N-methyl/N-ethyl adjacent to an activating group) is 2.